The molecule has 1 saturated heterocycles. The SMILES string of the molecule is CCO/N=C1/C[C@@H](C(N)=O)N(c2ccc3c(c2)c2ccccc2n3CC)C1. The van der Waals surface area contributed by atoms with E-state index in [1.807, 2.05) is 11.8 Å². The van der Waals surface area contributed by atoms with E-state index in [0.717, 1.165) is 17.9 Å². The molecule has 6 heteroatoms. The zero-order valence-corrected chi connectivity index (χ0v) is 15.7. The fraction of sp³-hybridized carbons (Fsp3) is 0.333. The van der Waals surface area contributed by atoms with Gasteiger partial charge in [0.05, 0.1) is 12.3 Å². The summed E-state index contributed by atoms with van der Waals surface area (Å²) in [4.78, 5) is 19.2. The van der Waals surface area contributed by atoms with Gasteiger partial charge < -0.3 is 20.0 Å². The van der Waals surface area contributed by atoms with Crippen molar-refractivity contribution in [3.8, 4) is 0 Å². The van der Waals surface area contributed by atoms with Crippen molar-refractivity contribution >= 4 is 39.1 Å². The number of benzene rings is 2. The van der Waals surface area contributed by atoms with Gasteiger partial charge in [0.2, 0.25) is 5.91 Å². The Hall–Kier alpha value is -3.02. The zero-order chi connectivity index (χ0) is 19.0. The van der Waals surface area contributed by atoms with Gasteiger partial charge in [0.1, 0.15) is 12.6 Å². The van der Waals surface area contributed by atoms with Crippen LogP contribution in [0, 0.1) is 0 Å². The van der Waals surface area contributed by atoms with E-state index in [1.54, 1.807) is 0 Å². The molecule has 27 heavy (non-hydrogen) atoms. The van der Waals surface area contributed by atoms with Crippen molar-refractivity contribution in [3.63, 3.8) is 0 Å². The molecule has 2 N–H and O–H groups in total. The van der Waals surface area contributed by atoms with Gasteiger partial charge in [0, 0.05) is 40.5 Å². The number of anilines is 1. The number of oxime groups is 1. The number of rotatable bonds is 5. The lowest BCUT2D eigenvalue weighted by atomic mass is 10.1. The average molecular weight is 364 g/mol. The molecule has 6 nitrogen and oxygen atoms in total. The van der Waals surface area contributed by atoms with Crippen LogP contribution in [0.15, 0.2) is 47.6 Å². The lowest BCUT2D eigenvalue weighted by Gasteiger charge is -2.23. The molecule has 1 aliphatic heterocycles. The summed E-state index contributed by atoms with van der Waals surface area (Å²) in [5.74, 6) is -0.340. The number of fused-ring (bicyclic) bond motifs is 3. The molecule has 2 aromatic carbocycles. The van der Waals surface area contributed by atoms with Crippen LogP contribution in [0.1, 0.15) is 20.3 Å². The van der Waals surface area contributed by atoms with Crippen molar-refractivity contribution in [2.24, 2.45) is 10.9 Å². The molecule has 0 bridgehead atoms. The van der Waals surface area contributed by atoms with Gasteiger partial charge in [-0.25, -0.2) is 0 Å². The Morgan fingerprint density at radius 3 is 2.70 bits per heavy atom. The first-order valence-corrected chi connectivity index (χ1v) is 9.38. The molecular weight excluding hydrogens is 340 g/mol. The highest BCUT2D eigenvalue weighted by Crippen LogP contribution is 2.34. The summed E-state index contributed by atoms with van der Waals surface area (Å²) < 4.78 is 2.31. The number of para-hydroxylation sites is 1. The summed E-state index contributed by atoms with van der Waals surface area (Å²) in [6.07, 6.45) is 0.504. The fourth-order valence-corrected chi connectivity index (χ4v) is 4.01. The Morgan fingerprint density at radius 1 is 1.19 bits per heavy atom. The first kappa shape index (κ1) is 17.4. The maximum absolute atomic E-state index is 12.0. The number of carbonyl (C=O) groups is 1. The first-order valence-electron chi connectivity index (χ1n) is 9.38. The summed E-state index contributed by atoms with van der Waals surface area (Å²) >= 11 is 0. The van der Waals surface area contributed by atoms with Gasteiger partial charge in [0.25, 0.3) is 0 Å². The van der Waals surface area contributed by atoms with E-state index in [9.17, 15) is 4.79 Å². The quantitative estimate of drug-likeness (QED) is 0.706. The van der Waals surface area contributed by atoms with Crippen LogP contribution in [0.3, 0.4) is 0 Å². The monoisotopic (exact) mass is 364 g/mol. The highest BCUT2D eigenvalue weighted by Gasteiger charge is 2.34. The molecule has 0 spiro atoms. The fourth-order valence-electron chi connectivity index (χ4n) is 4.01. The molecule has 1 atom stereocenters. The Kier molecular flexibility index (Phi) is 4.48. The van der Waals surface area contributed by atoms with Crippen LogP contribution < -0.4 is 10.6 Å². The van der Waals surface area contributed by atoms with Gasteiger partial charge in [-0.05, 0) is 38.1 Å². The molecule has 1 amide bonds. The van der Waals surface area contributed by atoms with Gasteiger partial charge in [-0.2, -0.15) is 0 Å². The van der Waals surface area contributed by atoms with E-state index >= 15 is 0 Å². The summed E-state index contributed by atoms with van der Waals surface area (Å²) in [6.45, 7) is 6.00. The second kappa shape index (κ2) is 6.95. The van der Waals surface area contributed by atoms with Gasteiger partial charge >= 0.3 is 0 Å². The van der Waals surface area contributed by atoms with Gasteiger partial charge in [-0.15, -0.1) is 0 Å². The van der Waals surface area contributed by atoms with Crippen molar-refractivity contribution in [1.82, 2.24) is 4.57 Å². The second-order valence-electron chi connectivity index (χ2n) is 6.79. The largest absolute Gasteiger partial charge is 0.396 e. The third-order valence-corrected chi connectivity index (χ3v) is 5.21. The van der Waals surface area contributed by atoms with Gasteiger partial charge in [-0.1, -0.05) is 23.4 Å². The Balaban J connectivity index is 1.81. The maximum Gasteiger partial charge on any atom is 0.240 e. The van der Waals surface area contributed by atoms with Crippen LogP contribution in [0.25, 0.3) is 21.8 Å². The van der Waals surface area contributed by atoms with Crippen LogP contribution in [0.5, 0.6) is 0 Å². The first-order chi connectivity index (χ1) is 13.1. The summed E-state index contributed by atoms with van der Waals surface area (Å²) in [7, 11) is 0. The molecule has 2 heterocycles. The zero-order valence-electron chi connectivity index (χ0n) is 15.7. The molecule has 0 saturated carbocycles. The number of carbonyl (C=O) groups excluding carboxylic acids is 1. The highest BCUT2D eigenvalue weighted by atomic mass is 16.6. The lowest BCUT2D eigenvalue weighted by molar-refractivity contribution is -0.118. The molecule has 0 unspecified atom stereocenters. The number of nitrogens with two attached hydrogens (primary N) is 1. The molecule has 0 radical (unpaired) electrons. The Labute approximate surface area is 158 Å². The van der Waals surface area contributed by atoms with Crippen molar-refractivity contribution < 1.29 is 9.63 Å². The molecule has 140 valence electrons. The smallest absolute Gasteiger partial charge is 0.240 e. The van der Waals surface area contributed by atoms with Gasteiger partial charge in [-0.3, -0.25) is 4.79 Å². The number of aromatic nitrogens is 1. The molecule has 1 fully saturated rings. The number of primary amides is 1. The molecule has 0 aliphatic carbocycles. The average Bonchev–Trinajstić information content (AvgIpc) is 3.25. The number of hydrogen-bond donors (Lipinski definition) is 1. The van der Waals surface area contributed by atoms with Crippen molar-refractivity contribution in [1.29, 1.82) is 0 Å². The minimum absolute atomic E-state index is 0.340. The third-order valence-electron chi connectivity index (χ3n) is 5.21. The predicted molar refractivity (Wildman–Crippen MR) is 109 cm³/mol. The van der Waals surface area contributed by atoms with Crippen LogP contribution in [0.2, 0.25) is 0 Å². The summed E-state index contributed by atoms with van der Waals surface area (Å²) in [5.41, 5.74) is 9.90. The normalized spacial score (nSPS) is 18.7. The lowest BCUT2D eigenvalue weighted by Crippen LogP contribution is -2.40. The maximum atomic E-state index is 12.0. The number of aryl methyl sites for hydroxylation is 1. The highest BCUT2D eigenvalue weighted by molar-refractivity contribution is 6.10. The van der Waals surface area contributed by atoms with Crippen molar-refractivity contribution in [3.05, 3.63) is 42.5 Å². The van der Waals surface area contributed by atoms with E-state index in [2.05, 4.69) is 59.1 Å². The van der Waals surface area contributed by atoms with Crippen molar-refractivity contribution in [2.45, 2.75) is 32.9 Å². The minimum Gasteiger partial charge on any atom is -0.396 e. The van der Waals surface area contributed by atoms with Crippen molar-refractivity contribution in [2.75, 3.05) is 18.1 Å². The van der Waals surface area contributed by atoms with E-state index in [-0.39, 0.29) is 5.91 Å². The Morgan fingerprint density at radius 2 is 1.96 bits per heavy atom. The Bertz CT molecular complexity index is 1040. The van der Waals surface area contributed by atoms with E-state index < -0.39 is 6.04 Å². The predicted octanol–water partition coefficient (Wildman–Crippen LogP) is 3.27. The van der Waals surface area contributed by atoms with Crippen LogP contribution in [-0.2, 0) is 16.2 Å². The molecule has 4 rings (SSSR count). The molecule has 1 aliphatic rings. The van der Waals surface area contributed by atoms with Gasteiger partial charge in [0.15, 0.2) is 0 Å². The van der Waals surface area contributed by atoms with E-state index in [1.165, 1.54) is 21.8 Å². The number of nitrogens with zero attached hydrogens (tertiary/aromatic N) is 3. The van der Waals surface area contributed by atoms with Crippen LogP contribution in [0.4, 0.5) is 5.69 Å². The standard InChI is InChI=1S/C21H24N4O2/c1-3-24-18-8-6-5-7-16(18)17-12-15(9-10-19(17)24)25-13-14(23-27-4-2)11-20(25)21(22)26/h5-10,12,20H,3-4,11,13H2,1-2H3,(H2,22,26)/b23-14-/t20-/m0/s1. The number of hydrogen-bond acceptors (Lipinski definition) is 4. The topological polar surface area (TPSA) is 72.8 Å². The summed E-state index contributed by atoms with van der Waals surface area (Å²) in [5, 5.41) is 6.54. The summed E-state index contributed by atoms with van der Waals surface area (Å²) in [6, 6.07) is 14.4. The molecular formula is C21H24N4O2. The molecule has 3 aromatic rings. The third kappa shape index (κ3) is 2.91. The minimum atomic E-state index is -0.402. The molecule has 1 aromatic heterocycles. The second-order valence-corrected chi connectivity index (χ2v) is 6.79. The number of amides is 1. The van der Waals surface area contributed by atoms with E-state index in [0.29, 0.717) is 19.6 Å². The van der Waals surface area contributed by atoms with E-state index in [4.69, 9.17) is 10.6 Å². The van der Waals surface area contributed by atoms with Crippen LogP contribution in [-0.4, -0.2) is 35.4 Å². The van der Waals surface area contributed by atoms with Crippen LogP contribution >= 0.6 is 0 Å².